The minimum Gasteiger partial charge on any atom is -0.377 e. The van der Waals surface area contributed by atoms with Crippen LogP contribution in [0.15, 0.2) is 0 Å². The molecular weight excluding hydrogens is 346 g/mol. The third-order valence-corrected chi connectivity index (χ3v) is 8.06. The number of hydrogen-bond donors (Lipinski definition) is 2. The van der Waals surface area contributed by atoms with Crippen LogP contribution >= 0.6 is 0 Å². The quantitative estimate of drug-likeness (QED) is 0.479. The van der Waals surface area contributed by atoms with E-state index in [4.69, 9.17) is 5.73 Å². The van der Waals surface area contributed by atoms with Crippen LogP contribution in [0, 0.1) is 17.8 Å². The zero-order valence-electron chi connectivity index (χ0n) is 18.5. The van der Waals surface area contributed by atoms with Crippen molar-refractivity contribution in [1.29, 1.82) is 0 Å². The topological polar surface area (TPSA) is 52.7 Å². The minimum atomic E-state index is -0.701. The van der Waals surface area contributed by atoms with Gasteiger partial charge in [-0.3, -0.25) is 4.90 Å². The molecule has 2 unspecified atom stereocenters. The first-order chi connectivity index (χ1) is 13.6. The summed E-state index contributed by atoms with van der Waals surface area (Å²) in [6.45, 7) is 8.00. The van der Waals surface area contributed by atoms with Gasteiger partial charge in [0.25, 0.3) is 0 Å². The molecule has 2 aliphatic carbocycles. The van der Waals surface area contributed by atoms with E-state index in [2.05, 4.69) is 16.7 Å². The van der Waals surface area contributed by atoms with Gasteiger partial charge in [0.15, 0.2) is 0 Å². The summed E-state index contributed by atoms with van der Waals surface area (Å²) in [5.74, 6) is 2.69. The fraction of sp³-hybridized carbons (Fsp3) is 1.00. The van der Waals surface area contributed by atoms with Crippen molar-refractivity contribution in [1.82, 2.24) is 9.80 Å². The van der Waals surface area contributed by atoms with Crippen molar-refractivity contribution >= 4 is 0 Å². The number of aliphatic hydroxyl groups excluding tert-OH is 1. The summed E-state index contributed by atoms with van der Waals surface area (Å²) in [7, 11) is 0. The lowest BCUT2D eigenvalue weighted by Gasteiger charge is -2.41. The summed E-state index contributed by atoms with van der Waals surface area (Å²) >= 11 is 0. The Balaban J connectivity index is 1.44. The van der Waals surface area contributed by atoms with Crippen molar-refractivity contribution in [2.24, 2.45) is 23.5 Å². The molecule has 3 aliphatic rings. The molecule has 2 saturated carbocycles. The lowest BCUT2D eigenvalue weighted by atomic mass is 9.78. The number of hydrogen-bond acceptors (Lipinski definition) is 4. The summed E-state index contributed by atoms with van der Waals surface area (Å²) < 4.78 is 0. The molecule has 0 aromatic rings. The molecule has 0 amide bonds. The second kappa shape index (κ2) is 11.9. The number of piperidine rings is 1. The van der Waals surface area contributed by atoms with Gasteiger partial charge in [-0.1, -0.05) is 58.3 Å². The molecule has 3 atom stereocenters. The molecular formula is C24H47N3O. The largest absolute Gasteiger partial charge is 0.377 e. The third-order valence-electron chi connectivity index (χ3n) is 8.06. The Kier molecular flexibility index (Phi) is 9.56. The number of nitrogens with zero attached hydrogens (tertiary/aromatic N) is 2. The molecule has 28 heavy (non-hydrogen) atoms. The van der Waals surface area contributed by atoms with Gasteiger partial charge >= 0.3 is 0 Å². The van der Waals surface area contributed by atoms with E-state index in [0.29, 0.717) is 12.6 Å². The molecule has 4 heteroatoms. The first-order valence-electron chi connectivity index (χ1n) is 12.5. The molecule has 1 saturated heterocycles. The Morgan fingerprint density at radius 1 is 0.929 bits per heavy atom. The van der Waals surface area contributed by atoms with Gasteiger partial charge in [-0.2, -0.15) is 0 Å². The van der Waals surface area contributed by atoms with E-state index in [1.807, 2.05) is 0 Å². The number of likely N-dealkylation sites (tertiary alicyclic amines) is 1. The SMILES string of the molecule is C[C@@H]1CCCCC1CCN(CC(N)O)C1CCN(CC2CCCCCC2)CC1. The lowest BCUT2D eigenvalue weighted by Crippen LogP contribution is -2.50. The van der Waals surface area contributed by atoms with E-state index in [1.165, 1.54) is 103 Å². The first kappa shape index (κ1) is 22.5. The highest BCUT2D eigenvalue weighted by Gasteiger charge is 2.28. The monoisotopic (exact) mass is 393 g/mol. The van der Waals surface area contributed by atoms with Crippen molar-refractivity contribution in [2.45, 2.75) is 103 Å². The molecule has 3 N–H and O–H groups in total. The van der Waals surface area contributed by atoms with Gasteiger partial charge < -0.3 is 15.7 Å². The van der Waals surface area contributed by atoms with Crippen LogP contribution in [-0.2, 0) is 0 Å². The van der Waals surface area contributed by atoms with Gasteiger partial charge in [0, 0.05) is 19.1 Å². The van der Waals surface area contributed by atoms with E-state index in [1.54, 1.807) is 0 Å². The molecule has 1 aliphatic heterocycles. The lowest BCUT2D eigenvalue weighted by molar-refractivity contribution is 0.0480. The van der Waals surface area contributed by atoms with E-state index in [0.717, 1.165) is 24.3 Å². The molecule has 3 rings (SSSR count). The van der Waals surface area contributed by atoms with Crippen LogP contribution < -0.4 is 5.73 Å². The summed E-state index contributed by atoms with van der Waals surface area (Å²) in [5.41, 5.74) is 5.81. The normalized spacial score (nSPS) is 30.4. The average Bonchev–Trinajstić information content (AvgIpc) is 2.95. The van der Waals surface area contributed by atoms with Gasteiger partial charge in [-0.25, -0.2) is 0 Å². The Morgan fingerprint density at radius 2 is 1.57 bits per heavy atom. The van der Waals surface area contributed by atoms with Crippen LogP contribution in [0.25, 0.3) is 0 Å². The molecule has 164 valence electrons. The van der Waals surface area contributed by atoms with Crippen LogP contribution in [0.1, 0.15) is 90.4 Å². The van der Waals surface area contributed by atoms with Crippen molar-refractivity contribution in [3.8, 4) is 0 Å². The summed E-state index contributed by atoms with van der Waals surface area (Å²) in [6, 6.07) is 0.613. The Bertz CT molecular complexity index is 414. The van der Waals surface area contributed by atoms with E-state index >= 15 is 0 Å². The van der Waals surface area contributed by atoms with Gasteiger partial charge in [0.05, 0.1) is 0 Å². The van der Waals surface area contributed by atoms with Crippen LogP contribution in [0.3, 0.4) is 0 Å². The molecule has 0 bridgehead atoms. The smallest absolute Gasteiger partial charge is 0.115 e. The molecule has 0 aromatic heterocycles. The van der Waals surface area contributed by atoms with Gasteiger partial charge in [-0.15, -0.1) is 0 Å². The molecule has 1 heterocycles. The van der Waals surface area contributed by atoms with Crippen molar-refractivity contribution in [3.05, 3.63) is 0 Å². The zero-order chi connectivity index (χ0) is 19.8. The second-order valence-corrected chi connectivity index (χ2v) is 10.3. The Labute approximate surface area is 174 Å². The number of nitrogens with two attached hydrogens (primary N) is 1. The second-order valence-electron chi connectivity index (χ2n) is 10.3. The molecule has 0 spiro atoms. The van der Waals surface area contributed by atoms with E-state index < -0.39 is 6.23 Å². The molecule has 0 aromatic carbocycles. The maximum Gasteiger partial charge on any atom is 0.115 e. The highest BCUT2D eigenvalue weighted by atomic mass is 16.3. The first-order valence-corrected chi connectivity index (χ1v) is 12.5. The summed E-state index contributed by atoms with van der Waals surface area (Å²) in [5, 5.41) is 9.86. The highest BCUT2D eigenvalue weighted by molar-refractivity contribution is 4.83. The van der Waals surface area contributed by atoms with Crippen molar-refractivity contribution in [2.75, 3.05) is 32.7 Å². The number of rotatable bonds is 8. The fourth-order valence-electron chi connectivity index (χ4n) is 6.20. The summed E-state index contributed by atoms with van der Waals surface area (Å²) in [6.07, 6.45) is 17.4. The molecule has 3 fully saturated rings. The molecule has 0 radical (unpaired) electrons. The van der Waals surface area contributed by atoms with Crippen molar-refractivity contribution in [3.63, 3.8) is 0 Å². The number of aliphatic hydroxyl groups is 1. The van der Waals surface area contributed by atoms with Crippen LogP contribution in [0.5, 0.6) is 0 Å². The maximum atomic E-state index is 9.86. The fourth-order valence-corrected chi connectivity index (χ4v) is 6.20. The van der Waals surface area contributed by atoms with Crippen LogP contribution in [-0.4, -0.2) is 59.9 Å². The molecule has 4 nitrogen and oxygen atoms in total. The van der Waals surface area contributed by atoms with Crippen LogP contribution in [0.4, 0.5) is 0 Å². The summed E-state index contributed by atoms with van der Waals surface area (Å²) in [4.78, 5) is 5.27. The third kappa shape index (κ3) is 7.27. The Hall–Kier alpha value is -0.160. The van der Waals surface area contributed by atoms with Gasteiger partial charge in [0.1, 0.15) is 6.23 Å². The standard InChI is InChI=1S/C24H47N3O/c1-20-8-6-7-11-22(20)12-17-27(19-24(25)28)23-13-15-26(16-14-23)18-21-9-4-2-3-5-10-21/h20-24,28H,2-19,25H2,1H3/t20-,22?,24?/m1/s1. The predicted molar refractivity (Wildman–Crippen MR) is 118 cm³/mol. The Morgan fingerprint density at radius 3 is 2.21 bits per heavy atom. The van der Waals surface area contributed by atoms with Gasteiger partial charge in [0.2, 0.25) is 0 Å². The highest BCUT2D eigenvalue weighted by Crippen LogP contribution is 2.32. The van der Waals surface area contributed by atoms with E-state index in [9.17, 15) is 5.11 Å². The zero-order valence-corrected chi connectivity index (χ0v) is 18.5. The minimum absolute atomic E-state index is 0.613. The average molecular weight is 394 g/mol. The maximum absolute atomic E-state index is 9.86. The van der Waals surface area contributed by atoms with Crippen LogP contribution in [0.2, 0.25) is 0 Å². The predicted octanol–water partition coefficient (Wildman–Crippen LogP) is 4.22. The van der Waals surface area contributed by atoms with Gasteiger partial charge in [-0.05, 0) is 69.5 Å². The van der Waals surface area contributed by atoms with Crippen molar-refractivity contribution < 1.29 is 5.11 Å². The van der Waals surface area contributed by atoms with E-state index in [-0.39, 0.29) is 0 Å².